The lowest BCUT2D eigenvalue weighted by atomic mass is 10.2. The van der Waals surface area contributed by atoms with E-state index >= 15 is 0 Å². The van der Waals surface area contributed by atoms with Crippen LogP contribution in [0.4, 0.5) is 0 Å². The molecule has 0 aliphatic rings. The molecular weight excluding hydrogens is 234 g/mol. The van der Waals surface area contributed by atoms with Crippen LogP contribution in [-0.4, -0.2) is 31.0 Å². The molecule has 1 aromatic rings. The first-order chi connectivity index (χ1) is 8.59. The summed E-state index contributed by atoms with van der Waals surface area (Å²) in [6, 6.07) is 8.73. The molecule has 0 aliphatic carbocycles. The van der Waals surface area contributed by atoms with Crippen LogP contribution in [0.25, 0.3) is 0 Å². The Morgan fingerprint density at radius 2 is 1.94 bits per heavy atom. The lowest BCUT2D eigenvalue weighted by Crippen LogP contribution is -2.46. The minimum absolute atomic E-state index is 0.0828. The number of carbonyl (C=O) groups is 2. The van der Waals surface area contributed by atoms with E-state index in [1.54, 1.807) is 0 Å². The largest absolute Gasteiger partial charge is 0.375 e. The number of hydrogen-bond donors (Lipinski definition) is 3. The summed E-state index contributed by atoms with van der Waals surface area (Å²) in [4.78, 5) is 21.8. The Morgan fingerprint density at radius 3 is 2.56 bits per heavy atom. The fraction of sp³-hybridized carbons (Fsp3) is 0.333. The SMILES string of the molecule is NC(=O)CNC(=O)[C@H](N)COCc1ccccc1. The summed E-state index contributed by atoms with van der Waals surface area (Å²) >= 11 is 0. The second kappa shape index (κ2) is 7.41. The van der Waals surface area contributed by atoms with Gasteiger partial charge in [-0.25, -0.2) is 0 Å². The van der Waals surface area contributed by atoms with Crippen LogP contribution < -0.4 is 16.8 Å². The number of carbonyl (C=O) groups excluding carboxylic acids is 2. The van der Waals surface area contributed by atoms with Gasteiger partial charge in [0.25, 0.3) is 0 Å². The van der Waals surface area contributed by atoms with Gasteiger partial charge in [0.1, 0.15) is 6.04 Å². The van der Waals surface area contributed by atoms with E-state index in [1.807, 2.05) is 30.3 Å². The van der Waals surface area contributed by atoms with Gasteiger partial charge in [-0.1, -0.05) is 30.3 Å². The molecule has 6 heteroatoms. The van der Waals surface area contributed by atoms with Gasteiger partial charge >= 0.3 is 0 Å². The van der Waals surface area contributed by atoms with Crippen LogP contribution in [0.3, 0.4) is 0 Å². The quantitative estimate of drug-likeness (QED) is 0.585. The van der Waals surface area contributed by atoms with Gasteiger partial charge in [-0.05, 0) is 5.56 Å². The van der Waals surface area contributed by atoms with E-state index in [0.717, 1.165) is 5.56 Å². The summed E-state index contributed by atoms with van der Waals surface area (Å²) in [6.07, 6.45) is 0. The van der Waals surface area contributed by atoms with Crippen molar-refractivity contribution < 1.29 is 14.3 Å². The molecule has 5 N–H and O–H groups in total. The van der Waals surface area contributed by atoms with Crippen LogP contribution >= 0.6 is 0 Å². The monoisotopic (exact) mass is 251 g/mol. The summed E-state index contributed by atoms with van der Waals surface area (Å²) in [7, 11) is 0. The van der Waals surface area contributed by atoms with E-state index in [1.165, 1.54) is 0 Å². The van der Waals surface area contributed by atoms with Crippen molar-refractivity contribution in [2.24, 2.45) is 11.5 Å². The normalized spacial score (nSPS) is 11.8. The van der Waals surface area contributed by atoms with Crippen molar-refractivity contribution in [3.8, 4) is 0 Å². The lowest BCUT2D eigenvalue weighted by Gasteiger charge is -2.11. The van der Waals surface area contributed by atoms with E-state index in [9.17, 15) is 9.59 Å². The highest BCUT2D eigenvalue weighted by Crippen LogP contribution is 2.00. The van der Waals surface area contributed by atoms with Gasteiger partial charge < -0.3 is 21.5 Å². The summed E-state index contributed by atoms with van der Waals surface area (Å²) in [5.74, 6) is -1.07. The number of hydrogen-bond acceptors (Lipinski definition) is 4. The predicted octanol–water partition coefficient (Wildman–Crippen LogP) is -0.868. The highest BCUT2D eigenvalue weighted by atomic mass is 16.5. The summed E-state index contributed by atoms with van der Waals surface area (Å²) < 4.78 is 5.31. The topological polar surface area (TPSA) is 107 Å². The zero-order valence-electron chi connectivity index (χ0n) is 9.96. The average Bonchev–Trinajstić information content (AvgIpc) is 2.37. The van der Waals surface area contributed by atoms with Gasteiger partial charge in [-0.15, -0.1) is 0 Å². The zero-order chi connectivity index (χ0) is 13.4. The van der Waals surface area contributed by atoms with E-state index in [0.29, 0.717) is 6.61 Å². The molecule has 0 unspecified atom stereocenters. The molecule has 0 fully saturated rings. The molecule has 0 aromatic heterocycles. The number of amides is 2. The van der Waals surface area contributed by atoms with Gasteiger partial charge in [0.2, 0.25) is 11.8 Å². The molecular formula is C12H17N3O3. The van der Waals surface area contributed by atoms with Crippen LogP contribution in [0, 0.1) is 0 Å². The number of rotatable bonds is 7. The summed E-state index contributed by atoms with van der Waals surface area (Å²) in [6.45, 7) is 0.252. The zero-order valence-corrected chi connectivity index (χ0v) is 9.96. The smallest absolute Gasteiger partial charge is 0.239 e. The number of ether oxygens (including phenoxy) is 1. The van der Waals surface area contributed by atoms with Crippen molar-refractivity contribution >= 4 is 11.8 Å². The molecule has 2 amide bonds. The second-order valence-corrected chi connectivity index (χ2v) is 3.79. The highest BCUT2D eigenvalue weighted by Gasteiger charge is 2.13. The molecule has 6 nitrogen and oxygen atoms in total. The fourth-order valence-electron chi connectivity index (χ4n) is 1.26. The lowest BCUT2D eigenvalue weighted by molar-refractivity contribution is -0.126. The Labute approximate surface area is 105 Å². The van der Waals surface area contributed by atoms with Crippen LogP contribution in [0.1, 0.15) is 5.56 Å². The first kappa shape index (κ1) is 14.1. The van der Waals surface area contributed by atoms with Crippen LogP contribution in [0.15, 0.2) is 30.3 Å². The van der Waals surface area contributed by atoms with Gasteiger partial charge in [-0.2, -0.15) is 0 Å². The molecule has 1 rings (SSSR count). The minimum atomic E-state index is -0.812. The Balaban J connectivity index is 2.22. The third-order valence-corrected chi connectivity index (χ3v) is 2.18. The van der Waals surface area contributed by atoms with Gasteiger partial charge in [0.05, 0.1) is 19.8 Å². The fourth-order valence-corrected chi connectivity index (χ4v) is 1.26. The minimum Gasteiger partial charge on any atom is -0.375 e. The number of benzene rings is 1. The maximum absolute atomic E-state index is 11.4. The summed E-state index contributed by atoms with van der Waals surface area (Å²) in [5.41, 5.74) is 11.5. The summed E-state index contributed by atoms with van der Waals surface area (Å²) in [5, 5.41) is 2.31. The van der Waals surface area contributed by atoms with E-state index in [4.69, 9.17) is 16.2 Å². The molecule has 18 heavy (non-hydrogen) atoms. The maximum Gasteiger partial charge on any atom is 0.239 e. The number of nitrogens with two attached hydrogens (primary N) is 2. The van der Waals surface area contributed by atoms with Crippen LogP contribution in [-0.2, 0) is 20.9 Å². The van der Waals surface area contributed by atoms with Gasteiger partial charge in [0, 0.05) is 0 Å². The predicted molar refractivity (Wildman–Crippen MR) is 66.3 cm³/mol. The van der Waals surface area contributed by atoms with Crippen molar-refractivity contribution in [1.82, 2.24) is 5.32 Å². The van der Waals surface area contributed by atoms with Gasteiger partial charge in [0.15, 0.2) is 0 Å². The third kappa shape index (κ3) is 5.42. The molecule has 1 atom stereocenters. The first-order valence-electron chi connectivity index (χ1n) is 5.53. The number of nitrogens with one attached hydrogen (secondary N) is 1. The van der Waals surface area contributed by atoms with Crippen molar-refractivity contribution in [1.29, 1.82) is 0 Å². The van der Waals surface area contributed by atoms with Crippen LogP contribution in [0.2, 0.25) is 0 Å². The molecule has 0 heterocycles. The Hall–Kier alpha value is -1.92. The van der Waals surface area contributed by atoms with Crippen molar-refractivity contribution in [2.75, 3.05) is 13.2 Å². The molecule has 0 bridgehead atoms. The first-order valence-corrected chi connectivity index (χ1v) is 5.53. The number of primary amides is 1. The van der Waals surface area contributed by atoms with Gasteiger partial charge in [-0.3, -0.25) is 9.59 Å². The van der Waals surface area contributed by atoms with E-state index in [-0.39, 0.29) is 13.2 Å². The van der Waals surface area contributed by atoms with Crippen molar-refractivity contribution in [3.63, 3.8) is 0 Å². The van der Waals surface area contributed by atoms with E-state index in [2.05, 4.69) is 5.32 Å². The Bertz CT molecular complexity index is 395. The molecule has 1 aromatic carbocycles. The van der Waals surface area contributed by atoms with Crippen molar-refractivity contribution in [3.05, 3.63) is 35.9 Å². The van der Waals surface area contributed by atoms with Crippen LogP contribution in [0.5, 0.6) is 0 Å². The third-order valence-electron chi connectivity index (χ3n) is 2.18. The Kier molecular flexibility index (Phi) is 5.83. The molecule has 0 aliphatic heterocycles. The Morgan fingerprint density at radius 1 is 1.28 bits per heavy atom. The standard InChI is InChI=1S/C12H17N3O3/c13-10(12(17)15-6-11(14)16)8-18-7-9-4-2-1-3-5-9/h1-5,10H,6-8,13H2,(H2,14,16)(H,15,17)/t10-/m1/s1. The highest BCUT2D eigenvalue weighted by molar-refractivity contribution is 5.86. The van der Waals surface area contributed by atoms with Crippen molar-refractivity contribution in [2.45, 2.75) is 12.6 Å². The molecule has 0 radical (unpaired) electrons. The van der Waals surface area contributed by atoms with E-state index < -0.39 is 17.9 Å². The molecule has 0 spiro atoms. The maximum atomic E-state index is 11.4. The molecule has 0 saturated heterocycles. The second-order valence-electron chi connectivity index (χ2n) is 3.79. The molecule has 0 saturated carbocycles. The average molecular weight is 251 g/mol. The molecule has 98 valence electrons.